The lowest BCUT2D eigenvalue weighted by atomic mass is 10.1. The number of aromatic nitrogens is 2. The maximum atomic E-state index is 11.6. The van der Waals surface area contributed by atoms with Crippen molar-refractivity contribution in [2.45, 2.75) is 6.92 Å². The van der Waals surface area contributed by atoms with Crippen LogP contribution >= 0.6 is 22.6 Å². The second-order valence-electron chi connectivity index (χ2n) is 3.81. The van der Waals surface area contributed by atoms with Gasteiger partial charge in [-0.3, -0.25) is 14.9 Å². The average Bonchev–Trinajstić information content (AvgIpc) is 2.35. The minimum atomic E-state index is -0.534. The van der Waals surface area contributed by atoms with Crippen molar-refractivity contribution in [2.24, 2.45) is 0 Å². The van der Waals surface area contributed by atoms with Crippen molar-refractivity contribution in [2.75, 3.05) is 0 Å². The lowest BCUT2D eigenvalue weighted by Crippen LogP contribution is -2.12. The quantitative estimate of drug-likeness (QED) is 0.475. The van der Waals surface area contributed by atoms with Crippen molar-refractivity contribution in [3.8, 4) is 17.3 Å². The molecule has 0 unspecified atom stereocenters. The summed E-state index contributed by atoms with van der Waals surface area (Å²) in [5, 5.41) is 20.3. The average molecular weight is 373 g/mol. The Morgan fingerprint density at radius 2 is 2.16 bits per heavy atom. The fraction of sp³-hybridized carbons (Fsp3) is 0.0909. The first-order chi connectivity index (χ1) is 8.90. The molecule has 98 valence electrons. The third-order valence-corrected chi connectivity index (χ3v) is 3.50. The van der Waals surface area contributed by atoms with Crippen LogP contribution in [-0.2, 0) is 0 Å². The van der Waals surface area contributed by atoms with Gasteiger partial charge >= 0.3 is 0 Å². The van der Waals surface area contributed by atoms with Crippen LogP contribution in [0.1, 0.15) is 5.56 Å². The van der Waals surface area contributed by atoms with E-state index in [2.05, 4.69) is 9.97 Å². The first-order valence-corrected chi connectivity index (χ1v) is 6.22. The number of nitro groups is 1. The third kappa shape index (κ3) is 2.57. The summed E-state index contributed by atoms with van der Waals surface area (Å²) in [5.74, 6) is -0.297. The molecule has 1 aromatic carbocycles. The van der Waals surface area contributed by atoms with Gasteiger partial charge in [-0.1, -0.05) is 6.07 Å². The molecule has 0 saturated heterocycles. The molecule has 0 aliphatic heterocycles. The third-order valence-electron chi connectivity index (χ3n) is 2.53. The SMILES string of the molecule is Cc1ccc([N+](=O)[O-])cc1-c1nc(O)c(I)c(=O)[nH]1. The number of H-pyrrole nitrogens is 1. The van der Waals surface area contributed by atoms with E-state index in [1.54, 1.807) is 35.6 Å². The van der Waals surface area contributed by atoms with E-state index in [9.17, 15) is 20.0 Å². The van der Waals surface area contributed by atoms with E-state index in [1.807, 2.05) is 0 Å². The minimum absolute atomic E-state index is 0.0735. The van der Waals surface area contributed by atoms with Crippen LogP contribution in [0.15, 0.2) is 23.0 Å². The molecule has 0 spiro atoms. The largest absolute Gasteiger partial charge is 0.492 e. The number of aromatic amines is 1. The van der Waals surface area contributed by atoms with Gasteiger partial charge in [0.05, 0.1) is 4.92 Å². The van der Waals surface area contributed by atoms with Gasteiger partial charge in [-0.2, -0.15) is 4.98 Å². The van der Waals surface area contributed by atoms with Crippen LogP contribution in [0.25, 0.3) is 11.4 Å². The Kier molecular flexibility index (Phi) is 3.51. The van der Waals surface area contributed by atoms with Crippen LogP contribution < -0.4 is 5.56 Å². The Labute approximate surface area is 120 Å². The second kappa shape index (κ2) is 4.96. The number of hydrogen-bond donors (Lipinski definition) is 2. The van der Waals surface area contributed by atoms with Crippen molar-refractivity contribution < 1.29 is 10.0 Å². The standard InChI is InChI=1S/C11H8IN3O4/c1-5-2-3-6(15(18)19)4-7(5)9-13-10(16)8(12)11(17)14-9/h2-4H,1H3,(H2,13,14,16,17). The topological polar surface area (TPSA) is 109 Å². The van der Waals surface area contributed by atoms with Gasteiger partial charge in [0.15, 0.2) is 0 Å². The van der Waals surface area contributed by atoms with Gasteiger partial charge in [-0.25, -0.2) is 0 Å². The van der Waals surface area contributed by atoms with E-state index < -0.39 is 16.4 Å². The number of nitro benzene ring substituents is 1. The van der Waals surface area contributed by atoms with Crippen LogP contribution in [0.4, 0.5) is 5.69 Å². The van der Waals surface area contributed by atoms with Crippen molar-refractivity contribution in [1.82, 2.24) is 9.97 Å². The van der Waals surface area contributed by atoms with E-state index in [-0.39, 0.29) is 15.1 Å². The Morgan fingerprint density at radius 1 is 1.47 bits per heavy atom. The summed E-state index contributed by atoms with van der Waals surface area (Å²) in [7, 11) is 0. The number of halogens is 1. The number of nitrogens with one attached hydrogen (secondary N) is 1. The molecule has 2 aromatic rings. The Hall–Kier alpha value is -1.97. The Morgan fingerprint density at radius 3 is 2.74 bits per heavy atom. The number of nitrogens with zero attached hydrogens (tertiary/aromatic N) is 2. The lowest BCUT2D eigenvalue weighted by molar-refractivity contribution is -0.384. The lowest BCUT2D eigenvalue weighted by Gasteiger charge is -2.06. The summed E-state index contributed by atoms with van der Waals surface area (Å²) in [6.45, 7) is 1.73. The molecule has 8 heteroatoms. The summed E-state index contributed by atoms with van der Waals surface area (Å²) in [6.07, 6.45) is 0. The van der Waals surface area contributed by atoms with Gasteiger partial charge in [-0.15, -0.1) is 0 Å². The number of aryl methyl sites for hydroxylation is 1. The number of hydrogen-bond acceptors (Lipinski definition) is 5. The fourth-order valence-electron chi connectivity index (χ4n) is 1.55. The van der Waals surface area contributed by atoms with E-state index in [0.717, 1.165) is 0 Å². The number of aromatic hydroxyl groups is 1. The van der Waals surface area contributed by atoms with Gasteiger partial charge in [-0.05, 0) is 35.1 Å². The van der Waals surface area contributed by atoms with E-state index in [1.165, 1.54) is 12.1 Å². The van der Waals surface area contributed by atoms with Crippen LogP contribution in [0.3, 0.4) is 0 Å². The molecule has 0 radical (unpaired) electrons. The molecule has 2 rings (SSSR count). The molecule has 0 aliphatic carbocycles. The first-order valence-electron chi connectivity index (χ1n) is 5.14. The molecule has 0 aliphatic rings. The summed E-state index contributed by atoms with van der Waals surface area (Å²) in [4.78, 5) is 28.1. The van der Waals surface area contributed by atoms with Crippen molar-refractivity contribution in [3.63, 3.8) is 0 Å². The second-order valence-corrected chi connectivity index (χ2v) is 4.89. The number of rotatable bonds is 2. The normalized spacial score (nSPS) is 10.4. The van der Waals surface area contributed by atoms with Gasteiger partial charge in [0, 0.05) is 17.7 Å². The van der Waals surface area contributed by atoms with Crippen molar-refractivity contribution in [3.05, 3.63) is 47.8 Å². The van der Waals surface area contributed by atoms with Gasteiger partial charge in [0.25, 0.3) is 11.2 Å². The van der Waals surface area contributed by atoms with Crippen LogP contribution in [0, 0.1) is 20.6 Å². The molecule has 0 amide bonds. The Balaban J connectivity index is 2.68. The maximum Gasteiger partial charge on any atom is 0.270 e. The smallest absolute Gasteiger partial charge is 0.270 e. The van der Waals surface area contributed by atoms with E-state index in [0.29, 0.717) is 11.1 Å². The molecule has 0 atom stereocenters. The van der Waals surface area contributed by atoms with Crippen LogP contribution in [-0.4, -0.2) is 20.0 Å². The number of benzene rings is 1. The highest BCUT2D eigenvalue weighted by molar-refractivity contribution is 14.1. The molecule has 0 fully saturated rings. The number of non-ortho nitro benzene ring substituents is 1. The predicted molar refractivity (Wildman–Crippen MR) is 76.1 cm³/mol. The summed E-state index contributed by atoms with van der Waals surface area (Å²) >= 11 is 1.67. The monoisotopic (exact) mass is 373 g/mol. The highest BCUT2D eigenvalue weighted by Crippen LogP contribution is 2.26. The van der Waals surface area contributed by atoms with Crippen molar-refractivity contribution >= 4 is 28.3 Å². The zero-order valence-corrected chi connectivity index (χ0v) is 11.8. The summed E-state index contributed by atoms with van der Waals surface area (Å²) in [6, 6.07) is 4.23. The van der Waals surface area contributed by atoms with Gasteiger partial charge in [0.1, 0.15) is 9.39 Å². The van der Waals surface area contributed by atoms with Gasteiger partial charge < -0.3 is 10.1 Å². The molecule has 19 heavy (non-hydrogen) atoms. The van der Waals surface area contributed by atoms with Crippen LogP contribution in [0.5, 0.6) is 5.88 Å². The van der Waals surface area contributed by atoms with Gasteiger partial charge in [0.2, 0.25) is 5.88 Å². The summed E-state index contributed by atoms with van der Waals surface area (Å²) in [5.41, 5.74) is 0.502. The fourth-order valence-corrected chi connectivity index (χ4v) is 1.81. The molecule has 1 heterocycles. The molecular weight excluding hydrogens is 365 g/mol. The van der Waals surface area contributed by atoms with E-state index in [4.69, 9.17) is 0 Å². The Bertz CT molecular complexity index is 726. The van der Waals surface area contributed by atoms with E-state index >= 15 is 0 Å². The highest BCUT2D eigenvalue weighted by atomic mass is 127. The zero-order chi connectivity index (χ0) is 14.2. The summed E-state index contributed by atoms with van der Waals surface area (Å²) < 4.78 is 0.0735. The first kappa shape index (κ1) is 13.5. The maximum absolute atomic E-state index is 11.6. The predicted octanol–water partition coefficient (Wildman–Crippen LogP) is 1.96. The molecule has 0 bridgehead atoms. The molecule has 0 saturated carbocycles. The molecular formula is C11H8IN3O4. The zero-order valence-electron chi connectivity index (χ0n) is 9.68. The molecule has 2 N–H and O–H groups in total. The molecule has 1 aromatic heterocycles. The van der Waals surface area contributed by atoms with Crippen LogP contribution in [0.2, 0.25) is 0 Å². The van der Waals surface area contributed by atoms with Crippen molar-refractivity contribution in [1.29, 1.82) is 0 Å². The minimum Gasteiger partial charge on any atom is -0.492 e. The molecule has 7 nitrogen and oxygen atoms in total. The highest BCUT2D eigenvalue weighted by Gasteiger charge is 2.14.